The average molecular weight is 403 g/mol. The Hall–Kier alpha value is -1.85. The highest BCUT2D eigenvalue weighted by atomic mass is 35.5. The standard InChI is InChI=1S/C22H31ClN4O/c1-17-8-10-19(11-9-17)16-27-21(23)20(18(2)25-27)22(28)24-12-7-15-26-13-5-3-4-6-14-26/h8-11H,3-7,12-16H2,1-2H3,(H,24,28). The lowest BCUT2D eigenvalue weighted by Gasteiger charge is -2.19. The Morgan fingerprint density at radius 1 is 1.11 bits per heavy atom. The van der Waals surface area contributed by atoms with Gasteiger partial charge in [-0.15, -0.1) is 0 Å². The van der Waals surface area contributed by atoms with Gasteiger partial charge < -0.3 is 10.2 Å². The van der Waals surface area contributed by atoms with E-state index in [0.29, 0.717) is 29.5 Å². The number of carbonyl (C=O) groups excluding carboxylic acids is 1. The maximum atomic E-state index is 12.6. The summed E-state index contributed by atoms with van der Waals surface area (Å²) < 4.78 is 1.70. The van der Waals surface area contributed by atoms with Gasteiger partial charge in [0.05, 0.1) is 17.8 Å². The molecule has 6 heteroatoms. The van der Waals surface area contributed by atoms with Crippen molar-refractivity contribution >= 4 is 17.5 Å². The van der Waals surface area contributed by atoms with Crippen LogP contribution in [0.2, 0.25) is 5.15 Å². The number of halogens is 1. The van der Waals surface area contributed by atoms with E-state index in [1.165, 1.54) is 44.3 Å². The number of hydrogen-bond acceptors (Lipinski definition) is 3. The molecule has 0 saturated carbocycles. The minimum absolute atomic E-state index is 0.131. The van der Waals surface area contributed by atoms with Crippen LogP contribution in [0.3, 0.4) is 0 Å². The van der Waals surface area contributed by atoms with Crippen LogP contribution in [0, 0.1) is 13.8 Å². The van der Waals surface area contributed by atoms with Crippen LogP contribution >= 0.6 is 11.6 Å². The third kappa shape index (κ3) is 5.58. The maximum absolute atomic E-state index is 12.6. The molecule has 0 aliphatic carbocycles. The first-order valence-corrected chi connectivity index (χ1v) is 10.7. The number of benzene rings is 1. The highest BCUT2D eigenvalue weighted by molar-refractivity contribution is 6.33. The van der Waals surface area contributed by atoms with E-state index in [2.05, 4.69) is 46.5 Å². The smallest absolute Gasteiger partial charge is 0.256 e. The molecule has 2 aromatic rings. The molecule has 28 heavy (non-hydrogen) atoms. The quantitative estimate of drug-likeness (QED) is 0.706. The molecule has 3 rings (SSSR count). The SMILES string of the molecule is Cc1ccc(Cn2nc(C)c(C(=O)NCCCN3CCCCCC3)c2Cl)cc1. The van der Waals surface area contributed by atoms with Crippen molar-refractivity contribution in [3.05, 3.63) is 51.8 Å². The van der Waals surface area contributed by atoms with Crippen molar-refractivity contribution in [1.29, 1.82) is 0 Å². The highest BCUT2D eigenvalue weighted by Gasteiger charge is 2.20. The van der Waals surface area contributed by atoms with Crippen molar-refractivity contribution in [1.82, 2.24) is 20.0 Å². The first kappa shape index (κ1) is 20.9. The summed E-state index contributed by atoms with van der Waals surface area (Å²) in [4.78, 5) is 15.2. The van der Waals surface area contributed by atoms with Crippen LogP contribution < -0.4 is 5.32 Å². The number of likely N-dealkylation sites (tertiary alicyclic amines) is 1. The van der Waals surface area contributed by atoms with Crippen LogP contribution in [-0.2, 0) is 6.54 Å². The lowest BCUT2D eigenvalue weighted by molar-refractivity contribution is 0.0951. The van der Waals surface area contributed by atoms with Gasteiger partial charge in [-0.25, -0.2) is 4.68 Å². The van der Waals surface area contributed by atoms with E-state index in [9.17, 15) is 4.79 Å². The predicted octanol–water partition coefficient (Wildman–Crippen LogP) is 4.20. The van der Waals surface area contributed by atoms with Crippen LogP contribution in [0.5, 0.6) is 0 Å². The third-order valence-corrected chi connectivity index (χ3v) is 5.76. The summed E-state index contributed by atoms with van der Waals surface area (Å²) in [6, 6.07) is 8.26. The van der Waals surface area contributed by atoms with Crippen LogP contribution in [0.15, 0.2) is 24.3 Å². The molecule has 0 spiro atoms. The van der Waals surface area contributed by atoms with Crippen LogP contribution in [0.1, 0.15) is 59.3 Å². The van der Waals surface area contributed by atoms with E-state index < -0.39 is 0 Å². The molecule has 0 bridgehead atoms. The van der Waals surface area contributed by atoms with Gasteiger partial charge in [0, 0.05) is 6.54 Å². The lowest BCUT2D eigenvalue weighted by atomic mass is 10.1. The molecule has 1 amide bonds. The second kappa shape index (κ2) is 10.1. The van der Waals surface area contributed by atoms with Crippen LogP contribution in [-0.4, -0.2) is 46.8 Å². The molecule has 1 aliphatic rings. The Kier molecular flexibility index (Phi) is 7.51. The zero-order valence-corrected chi connectivity index (χ0v) is 17.8. The van der Waals surface area contributed by atoms with E-state index in [-0.39, 0.29) is 5.91 Å². The zero-order valence-electron chi connectivity index (χ0n) is 17.0. The summed E-state index contributed by atoms with van der Waals surface area (Å²) in [5, 5.41) is 7.90. The fourth-order valence-electron chi connectivity index (χ4n) is 3.74. The molecule has 1 aliphatic heterocycles. The summed E-state index contributed by atoms with van der Waals surface area (Å²) >= 11 is 6.49. The van der Waals surface area contributed by atoms with Gasteiger partial charge in [0.15, 0.2) is 0 Å². The van der Waals surface area contributed by atoms with E-state index in [0.717, 1.165) is 18.5 Å². The lowest BCUT2D eigenvalue weighted by Crippen LogP contribution is -2.30. The summed E-state index contributed by atoms with van der Waals surface area (Å²) in [5.74, 6) is -0.131. The van der Waals surface area contributed by atoms with Crippen LogP contribution in [0.4, 0.5) is 0 Å². The summed E-state index contributed by atoms with van der Waals surface area (Å²) in [6.07, 6.45) is 6.23. The van der Waals surface area contributed by atoms with E-state index >= 15 is 0 Å². The number of nitrogens with zero attached hydrogens (tertiary/aromatic N) is 3. The fourth-order valence-corrected chi connectivity index (χ4v) is 4.06. The molecular weight excluding hydrogens is 372 g/mol. The number of aryl methyl sites for hydroxylation is 2. The van der Waals surface area contributed by atoms with Gasteiger partial charge in [0.2, 0.25) is 0 Å². The van der Waals surface area contributed by atoms with E-state index in [4.69, 9.17) is 11.6 Å². The normalized spacial score (nSPS) is 15.4. The first-order chi connectivity index (χ1) is 13.5. The largest absolute Gasteiger partial charge is 0.352 e. The number of amides is 1. The fraction of sp³-hybridized carbons (Fsp3) is 0.545. The summed E-state index contributed by atoms with van der Waals surface area (Å²) in [7, 11) is 0. The first-order valence-electron chi connectivity index (χ1n) is 10.3. The second-order valence-corrected chi connectivity index (χ2v) is 8.12. The van der Waals surface area contributed by atoms with Gasteiger partial charge in [-0.1, -0.05) is 54.3 Å². The summed E-state index contributed by atoms with van der Waals surface area (Å²) in [6.45, 7) is 8.53. The van der Waals surface area contributed by atoms with Crippen molar-refractivity contribution in [2.24, 2.45) is 0 Å². The van der Waals surface area contributed by atoms with E-state index in [1.54, 1.807) is 4.68 Å². The van der Waals surface area contributed by atoms with Crippen LogP contribution in [0.25, 0.3) is 0 Å². The minimum Gasteiger partial charge on any atom is -0.352 e. The highest BCUT2D eigenvalue weighted by Crippen LogP contribution is 2.21. The van der Waals surface area contributed by atoms with Gasteiger partial charge in [-0.3, -0.25) is 4.79 Å². The molecule has 0 atom stereocenters. The van der Waals surface area contributed by atoms with Crippen molar-refractivity contribution in [3.8, 4) is 0 Å². The molecule has 1 aromatic carbocycles. The molecule has 1 saturated heterocycles. The molecular formula is C22H31ClN4O. The molecule has 1 aromatic heterocycles. The second-order valence-electron chi connectivity index (χ2n) is 7.76. The monoisotopic (exact) mass is 402 g/mol. The molecule has 5 nitrogen and oxygen atoms in total. The van der Waals surface area contributed by atoms with Gasteiger partial charge in [0.1, 0.15) is 5.15 Å². The number of carbonyl (C=O) groups is 1. The minimum atomic E-state index is -0.131. The van der Waals surface area contributed by atoms with Crippen molar-refractivity contribution in [3.63, 3.8) is 0 Å². The Morgan fingerprint density at radius 2 is 1.79 bits per heavy atom. The van der Waals surface area contributed by atoms with Gasteiger partial charge in [-0.2, -0.15) is 5.10 Å². The predicted molar refractivity (Wildman–Crippen MR) is 114 cm³/mol. The average Bonchev–Trinajstić information content (AvgIpc) is 2.85. The Labute approximate surface area is 173 Å². The van der Waals surface area contributed by atoms with Crippen molar-refractivity contribution < 1.29 is 4.79 Å². The molecule has 1 N–H and O–H groups in total. The molecule has 1 fully saturated rings. The van der Waals surface area contributed by atoms with Crippen molar-refractivity contribution in [2.75, 3.05) is 26.2 Å². The molecule has 2 heterocycles. The Balaban J connectivity index is 1.53. The number of hydrogen-bond donors (Lipinski definition) is 1. The summed E-state index contributed by atoms with van der Waals surface area (Å²) in [5.41, 5.74) is 3.48. The zero-order chi connectivity index (χ0) is 19.9. The van der Waals surface area contributed by atoms with Crippen molar-refractivity contribution in [2.45, 2.75) is 52.5 Å². The molecule has 0 unspecified atom stereocenters. The molecule has 152 valence electrons. The van der Waals surface area contributed by atoms with Gasteiger partial charge in [-0.05, 0) is 58.3 Å². The van der Waals surface area contributed by atoms with Gasteiger partial charge in [0.25, 0.3) is 5.91 Å². The number of nitrogens with one attached hydrogen (secondary N) is 1. The number of aromatic nitrogens is 2. The maximum Gasteiger partial charge on any atom is 0.256 e. The number of rotatable bonds is 7. The third-order valence-electron chi connectivity index (χ3n) is 5.38. The topological polar surface area (TPSA) is 50.2 Å². The molecule has 0 radical (unpaired) electrons. The Bertz CT molecular complexity index is 777. The van der Waals surface area contributed by atoms with Gasteiger partial charge >= 0.3 is 0 Å². The Morgan fingerprint density at radius 3 is 2.46 bits per heavy atom. The van der Waals surface area contributed by atoms with E-state index in [1.807, 2.05) is 6.92 Å².